The number of rotatable bonds is 11. The van der Waals surface area contributed by atoms with Gasteiger partial charge in [0.05, 0.1) is 9.80 Å². The van der Waals surface area contributed by atoms with Crippen LogP contribution in [0.4, 0.5) is 5.69 Å². The molecule has 0 atom stereocenters. The number of thiocarbonyl (C=S) groups is 1. The molecule has 186 valence electrons. The Labute approximate surface area is 216 Å². The Hall–Kier alpha value is -2.69. The Morgan fingerprint density at radius 3 is 2.43 bits per heavy atom. The third kappa shape index (κ3) is 7.39. The van der Waals surface area contributed by atoms with Crippen LogP contribution in [-0.4, -0.2) is 49.6 Å². The minimum atomic E-state index is -4.02. The zero-order chi connectivity index (χ0) is 25.4. The number of unbranched alkanes of at least 4 members (excludes halogenated alkanes) is 3. The molecule has 0 saturated carbocycles. The first-order valence-corrected chi connectivity index (χ1v) is 14.1. The van der Waals surface area contributed by atoms with E-state index in [0.29, 0.717) is 4.91 Å². The van der Waals surface area contributed by atoms with E-state index in [1.54, 1.807) is 24.3 Å². The van der Waals surface area contributed by atoms with Gasteiger partial charge in [-0.1, -0.05) is 80.5 Å². The second kappa shape index (κ2) is 12.3. The van der Waals surface area contributed by atoms with Gasteiger partial charge >= 0.3 is 0 Å². The van der Waals surface area contributed by atoms with Crippen molar-refractivity contribution >= 4 is 61.9 Å². The largest absolute Gasteiger partial charge is 0.375 e. The van der Waals surface area contributed by atoms with Crippen molar-refractivity contribution in [3.63, 3.8) is 0 Å². The molecule has 7 nitrogen and oxygen atoms in total. The summed E-state index contributed by atoms with van der Waals surface area (Å²) < 4.78 is 26.9. The second-order valence-corrected chi connectivity index (χ2v) is 11.5. The van der Waals surface area contributed by atoms with Crippen molar-refractivity contribution in [2.45, 2.75) is 37.5 Å². The smallest absolute Gasteiger partial charge is 0.266 e. The number of hydrogen-bond donors (Lipinski definition) is 1. The molecule has 35 heavy (non-hydrogen) atoms. The van der Waals surface area contributed by atoms with E-state index >= 15 is 0 Å². The van der Waals surface area contributed by atoms with Crippen molar-refractivity contribution in [1.29, 1.82) is 0 Å². The summed E-state index contributed by atoms with van der Waals surface area (Å²) in [6, 6.07) is 15.4. The van der Waals surface area contributed by atoms with Gasteiger partial charge in [-0.15, -0.1) is 0 Å². The monoisotopic (exact) mass is 531 g/mol. The first-order chi connectivity index (χ1) is 16.7. The van der Waals surface area contributed by atoms with Crippen LogP contribution in [0.25, 0.3) is 6.08 Å². The summed E-state index contributed by atoms with van der Waals surface area (Å²) in [7, 11) is -1.96. The fourth-order valence-corrected chi connectivity index (χ4v) is 5.75. The quantitative estimate of drug-likeness (QED) is 0.261. The predicted molar refractivity (Wildman–Crippen MR) is 146 cm³/mol. The van der Waals surface area contributed by atoms with Gasteiger partial charge in [0.15, 0.2) is 0 Å². The van der Waals surface area contributed by atoms with E-state index in [0.717, 1.165) is 40.9 Å². The van der Waals surface area contributed by atoms with Gasteiger partial charge in [0, 0.05) is 19.3 Å². The van der Waals surface area contributed by atoms with Gasteiger partial charge < -0.3 is 4.90 Å². The molecule has 0 aromatic heterocycles. The van der Waals surface area contributed by atoms with Gasteiger partial charge in [0.25, 0.3) is 21.8 Å². The van der Waals surface area contributed by atoms with Gasteiger partial charge in [-0.25, -0.2) is 13.1 Å². The maximum absolute atomic E-state index is 12.8. The number of benzene rings is 2. The van der Waals surface area contributed by atoms with E-state index in [-0.39, 0.29) is 9.22 Å². The van der Waals surface area contributed by atoms with Crippen molar-refractivity contribution in [2.24, 2.45) is 0 Å². The highest BCUT2D eigenvalue weighted by Gasteiger charge is 2.34. The Morgan fingerprint density at radius 1 is 1.09 bits per heavy atom. The fraction of sp³-hybridized carbons (Fsp3) is 0.320. The van der Waals surface area contributed by atoms with Gasteiger partial charge in [0.1, 0.15) is 10.9 Å². The van der Waals surface area contributed by atoms with E-state index in [4.69, 9.17) is 12.2 Å². The van der Waals surface area contributed by atoms with Crippen molar-refractivity contribution in [1.82, 2.24) is 9.62 Å². The molecule has 1 N–H and O–H groups in total. The van der Waals surface area contributed by atoms with E-state index in [1.807, 2.05) is 29.0 Å². The van der Waals surface area contributed by atoms with Crippen LogP contribution < -0.4 is 9.62 Å². The summed E-state index contributed by atoms with van der Waals surface area (Å²) in [5.74, 6) is -1.26. The molecule has 1 heterocycles. The van der Waals surface area contributed by atoms with Gasteiger partial charge in [-0.2, -0.15) is 0 Å². The fourth-order valence-electron chi connectivity index (χ4n) is 3.50. The molecule has 3 rings (SSSR count). The molecule has 10 heteroatoms. The Kier molecular flexibility index (Phi) is 9.47. The first-order valence-electron chi connectivity index (χ1n) is 11.4. The number of carbonyl (C=O) groups excluding carboxylic acids is 2. The van der Waals surface area contributed by atoms with Crippen molar-refractivity contribution in [3.05, 3.63) is 65.1 Å². The SMILES string of the molecule is CCCCCCN(C)c1ccc(/C=C2\SC(=S)N(CC(=O)NS(=O)(=O)c3ccccc3)C2=O)cc1. The summed E-state index contributed by atoms with van der Waals surface area (Å²) in [5, 5.41) is 0. The van der Waals surface area contributed by atoms with Crippen LogP contribution in [0.2, 0.25) is 0 Å². The van der Waals surface area contributed by atoms with Crippen molar-refractivity contribution < 1.29 is 18.0 Å². The van der Waals surface area contributed by atoms with E-state index in [1.165, 1.54) is 31.4 Å². The topological polar surface area (TPSA) is 86.8 Å². The van der Waals surface area contributed by atoms with Gasteiger partial charge in [0.2, 0.25) is 0 Å². The lowest BCUT2D eigenvalue weighted by molar-refractivity contribution is -0.127. The molecule has 0 spiro atoms. The molecule has 0 radical (unpaired) electrons. The number of nitrogens with one attached hydrogen (secondary N) is 1. The molecular formula is C25H29N3O4S3. The molecule has 1 aliphatic rings. The summed E-state index contributed by atoms with van der Waals surface area (Å²) >= 11 is 6.36. The first kappa shape index (κ1) is 26.9. The number of sulfonamides is 1. The van der Waals surface area contributed by atoms with Crippen LogP contribution in [0.5, 0.6) is 0 Å². The minimum absolute atomic E-state index is 0.0336. The molecule has 1 aliphatic heterocycles. The van der Waals surface area contributed by atoms with Crippen LogP contribution in [0, 0.1) is 0 Å². The second-order valence-electron chi connectivity index (χ2n) is 8.18. The molecular weight excluding hydrogens is 502 g/mol. The Balaban J connectivity index is 1.61. The van der Waals surface area contributed by atoms with Crippen molar-refractivity contribution in [2.75, 3.05) is 25.0 Å². The number of anilines is 1. The highest BCUT2D eigenvalue weighted by atomic mass is 32.2. The molecule has 0 aliphatic carbocycles. The van der Waals surface area contributed by atoms with Crippen LogP contribution in [0.15, 0.2) is 64.4 Å². The molecule has 0 unspecified atom stereocenters. The molecule has 1 saturated heterocycles. The zero-order valence-electron chi connectivity index (χ0n) is 19.8. The maximum Gasteiger partial charge on any atom is 0.266 e. The summed E-state index contributed by atoms with van der Waals surface area (Å²) in [5.41, 5.74) is 1.94. The number of carbonyl (C=O) groups is 2. The molecule has 2 amide bonds. The van der Waals surface area contributed by atoms with Crippen molar-refractivity contribution in [3.8, 4) is 0 Å². The Morgan fingerprint density at radius 2 is 1.77 bits per heavy atom. The lowest BCUT2D eigenvalue weighted by Crippen LogP contribution is -2.41. The minimum Gasteiger partial charge on any atom is -0.375 e. The average Bonchev–Trinajstić information content (AvgIpc) is 3.09. The third-order valence-corrected chi connectivity index (χ3v) is 8.22. The maximum atomic E-state index is 12.8. The summed E-state index contributed by atoms with van der Waals surface area (Å²) in [4.78, 5) is 28.9. The number of amides is 2. The van der Waals surface area contributed by atoms with E-state index in [9.17, 15) is 18.0 Å². The summed E-state index contributed by atoms with van der Waals surface area (Å²) in [6.07, 6.45) is 6.55. The normalized spacial score (nSPS) is 15.0. The van der Waals surface area contributed by atoms with Crippen LogP contribution >= 0.6 is 24.0 Å². The Bertz CT molecular complexity index is 1200. The molecule has 2 aromatic carbocycles. The van der Waals surface area contributed by atoms with Gasteiger partial charge in [-0.3, -0.25) is 14.5 Å². The lowest BCUT2D eigenvalue weighted by atomic mass is 10.1. The average molecular weight is 532 g/mol. The van der Waals surface area contributed by atoms with E-state index in [2.05, 4.69) is 18.9 Å². The predicted octanol–water partition coefficient (Wildman–Crippen LogP) is 4.41. The number of hydrogen-bond acceptors (Lipinski definition) is 7. The lowest BCUT2D eigenvalue weighted by Gasteiger charge is -2.19. The molecule has 1 fully saturated rings. The highest BCUT2D eigenvalue weighted by Crippen LogP contribution is 2.32. The number of thioether (sulfide) groups is 1. The van der Waals surface area contributed by atoms with Crippen LogP contribution in [-0.2, 0) is 19.6 Å². The summed E-state index contributed by atoms with van der Waals surface area (Å²) in [6.45, 7) is 2.71. The van der Waals surface area contributed by atoms with E-state index < -0.39 is 28.4 Å². The van der Waals surface area contributed by atoms with Gasteiger partial charge in [-0.05, 0) is 42.3 Å². The third-order valence-electron chi connectivity index (χ3n) is 5.46. The zero-order valence-corrected chi connectivity index (χ0v) is 22.2. The highest BCUT2D eigenvalue weighted by molar-refractivity contribution is 8.26. The van der Waals surface area contributed by atoms with Crippen LogP contribution in [0.1, 0.15) is 38.2 Å². The van der Waals surface area contributed by atoms with Crippen LogP contribution in [0.3, 0.4) is 0 Å². The number of nitrogens with zero attached hydrogens (tertiary/aromatic N) is 2. The molecule has 0 bridgehead atoms. The molecule has 2 aromatic rings. The standard InChI is InChI=1S/C25H29N3O4S3/c1-3-4-5-9-16-27(2)20-14-12-19(13-15-20)17-22-24(30)28(25(33)34-22)18-23(29)26-35(31,32)21-10-7-6-8-11-21/h6-8,10-15,17H,3-5,9,16,18H2,1-2H3,(H,26,29)/b22-17-.